The molecule has 0 radical (unpaired) electrons. The summed E-state index contributed by atoms with van der Waals surface area (Å²) in [4.78, 5) is 12.8. The van der Waals surface area contributed by atoms with Crippen LogP contribution in [0.5, 0.6) is 0 Å². The Morgan fingerprint density at radius 3 is 0.970 bits per heavy atom. The van der Waals surface area contributed by atoms with Gasteiger partial charge in [-0.05, 0) is 181 Å². The molecule has 18 heteroatoms. The van der Waals surface area contributed by atoms with E-state index >= 15 is 0 Å². The van der Waals surface area contributed by atoms with E-state index in [2.05, 4.69) is 0 Å². The minimum atomic E-state index is -4.13. The Labute approximate surface area is 603 Å². The predicted molar refractivity (Wildman–Crippen MR) is 411 cm³/mol. The topological polar surface area (TPSA) is 160 Å². The van der Waals surface area contributed by atoms with Gasteiger partial charge in [-0.3, -0.25) is 0 Å². The summed E-state index contributed by atoms with van der Waals surface area (Å²) >= 11 is 2.84. The number of sulfone groups is 1. The first-order chi connectivity index (χ1) is 48.3. The van der Waals surface area contributed by atoms with Gasteiger partial charge in [0, 0.05) is 55.0 Å². The third-order valence-corrected chi connectivity index (χ3v) is 20.7. The van der Waals surface area contributed by atoms with Crippen molar-refractivity contribution in [3.8, 4) is 66.8 Å². The maximum Gasteiger partial charge on any atom is 0.339 e. The van der Waals surface area contributed by atoms with E-state index in [1.165, 1.54) is 48.0 Å². The summed E-state index contributed by atoms with van der Waals surface area (Å²) < 4.78 is 126. The van der Waals surface area contributed by atoms with Gasteiger partial charge in [0.05, 0.1) is 43.2 Å². The van der Waals surface area contributed by atoms with Gasteiger partial charge < -0.3 is 18.0 Å². The van der Waals surface area contributed by atoms with Crippen LogP contribution in [0.3, 0.4) is 0 Å². The lowest BCUT2D eigenvalue weighted by molar-refractivity contribution is -0.133. The number of cyclic esters (lactones) is 1. The van der Waals surface area contributed by atoms with Crippen LogP contribution in [-0.2, 0) is 29.4 Å². The Hall–Kier alpha value is -8.91. The standard InChI is InChI=1S/C19H17FO3S.C19H17FO2S.C19H17FOS.C18H16FNO3S.4C2H6/c1-12-13(2)19(24(3,21)22)18(20)9-15(12)17-11-23-10-16(17)14-7-5-4-6-8-14;1-11-12(2)18(23-3)16(20)9-14(11)15-10-22-19(21)17(15)13-7-5-4-6-8-13;1-12-13(2)19(22-3)18(20)9-15(12)17-11-21-10-16(17)14-7-5-4-6-8-14;1-11-12(2)18(24(20,21)22)17(19)8-14(11)16-10-23-9-15(16)13-6-4-3-5-7-13;4*1-2/h4-11H,1-3H3;4-9H,10H2,1-3H3;4-11H,1-3H3;3-10H,1-2H3,(H2,20,21,22);4*1-2H3. The van der Waals surface area contributed by atoms with E-state index in [1.54, 1.807) is 65.1 Å². The van der Waals surface area contributed by atoms with Crippen molar-refractivity contribution in [2.45, 2.75) is 130 Å². The summed E-state index contributed by atoms with van der Waals surface area (Å²) in [5.41, 5.74) is 18.9. The van der Waals surface area contributed by atoms with Crippen LogP contribution >= 0.6 is 23.5 Å². The van der Waals surface area contributed by atoms with Crippen molar-refractivity contribution in [1.82, 2.24) is 0 Å². The Bertz CT molecular complexity index is 4690. The van der Waals surface area contributed by atoms with Gasteiger partial charge in [0.25, 0.3) is 0 Å². The molecule has 534 valence electrons. The Morgan fingerprint density at radius 2 is 0.644 bits per heavy atom. The molecule has 4 heterocycles. The fourth-order valence-electron chi connectivity index (χ4n) is 11.4. The molecule has 10 nitrogen and oxygen atoms in total. The van der Waals surface area contributed by atoms with E-state index < -0.39 is 36.4 Å². The number of furan rings is 3. The van der Waals surface area contributed by atoms with E-state index in [9.17, 15) is 39.2 Å². The molecule has 0 fully saturated rings. The Morgan fingerprint density at radius 1 is 0.366 bits per heavy atom. The maximum absolute atomic E-state index is 14.5. The molecule has 0 aliphatic carbocycles. The average molecular weight is 1450 g/mol. The van der Waals surface area contributed by atoms with Crippen molar-refractivity contribution < 1.29 is 57.2 Å². The number of rotatable bonds is 12. The molecule has 0 unspecified atom stereocenters. The molecule has 0 saturated carbocycles. The summed E-state index contributed by atoms with van der Waals surface area (Å²) in [6.07, 6.45) is 14.5. The second-order valence-corrected chi connectivity index (χ2v) is 27.2. The molecular weight excluding hydrogens is 1360 g/mol. The molecule has 0 amide bonds. The van der Waals surface area contributed by atoms with Crippen LogP contribution in [-0.4, -0.2) is 48.2 Å². The second-order valence-electron chi connectivity index (χ2n) is 22.2. The molecule has 1 aliphatic heterocycles. The van der Waals surface area contributed by atoms with Crippen LogP contribution in [0.2, 0.25) is 0 Å². The summed E-state index contributed by atoms with van der Waals surface area (Å²) in [7, 11) is -7.77. The predicted octanol–water partition coefficient (Wildman–Crippen LogP) is 23.6. The fraction of sp³-hybridized carbons (Fsp3) is 0.241. The molecular formula is C83H91F4NO9S4. The van der Waals surface area contributed by atoms with Crippen molar-refractivity contribution in [1.29, 1.82) is 0 Å². The lowest BCUT2D eigenvalue weighted by Crippen LogP contribution is -2.16. The molecule has 0 atom stereocenters. The highest BCUT2D eigenvalue weighted by Gasteiger charge is 2.30. The molecule has 2 N–H and O–H groups in total. The minimum Gasteiger partial charge on any atom is -0.471 e. The van der Waals surface area contributed by atoms with Crippen molar-refractivity contribution in [3.63, 3.8) is 0 Å². The first-order valence-corrected chi connectivity index (χ1v) is 39.0. The molecule has 101 heavy (non-hydrogen) atoms. The molecule has 0 spiro atoms. The van der Waals surface area contributed by atoms with Crippen LogP contribution in [0.15, 0.2) is 216 Å². The lowest BCUT2D eigenvalue weighted by Gasteiger charge is -2.14. The molecule has 0 saturated heterocycles. The maximum atomic E-state index is 14.5. The number of sulfonamides is 1. The molecule has 11 aromatic rings. The van der Waals surface area contributed by atoms with E-state index in [0.29, 0.717) is 48.7 Å². The Kier molecular flexibility index (Phi) is 31.3. The largest absolute Gasteiger partial charge is 0.471 e. The summed E-state index contributed by atoms with van der Waals surface area (Å²) in [6, 6.07) is 44.2. The van der Waals surface area contributed by atoms with E-state index in [-0.39, 0.29) is 29.1 Å². The van der Waals surface area contributed by atoms with Crippen LogP contribution < -0.4 is 5.14 Å². The van der Waals surface area contributed by atoms with Crippen LogP contribution in [0.4, 0.5) is 17.6 Å². The summed E-state index contributed by atoms with van der Waals surface area (Å²) in [5, 5.41) is 5.13. The number of carbonyl (C=O) groups excluding carboxylic acids is 1. The zero-order chi connectivity index (χ0) is 75.2. The molecule has 3 aromatic heterocycles. The van der Waals surface area contributed by atoms with Gasteiger partial charge >= 0.3 is 5.97 Å². The SMILES string of the molecule is CC.CC.CC.CC.CSc1c(F)cc(-c2cocc2-c2ccccc2)c(C)c1C.CSc1c(F)cc(C2=C(c3ccccc3)C(=O)OC2)c(C)c1C.Cc1c(-c2cocc2-c2ccccc2)cc(F)c(S(C)(=O)=O)c1C.Cc1c(-c2cocc2-c2ccccc2)cc(F)c(S(N)(=O)=O)c1C. The number of nitrogens with two attached hydrogens (primary N) is 1. The van der Waals surface area contributed by atoms with Crippen LogP contribution in [0, 0.1) is 78.7 Å². The van der Waals surface area contributed by atoms with Gasteiger partial charge in [0.1, 0.15) is 39.7 Å². The van der Waals surface area contributed by atoms with E-state index in [4.69, 9.17) is 23.1 Å². The van der Waals surface area contributed by atoms with Gasteiger partial charge in [-0.2, -0.15) is 0 Å². The highest BCUT2D eigenvalue weighted by atomic mass is 32.2. The fourth-order valence-corrected chi connectivity index (χ4v) is 14.9. The van der Waals surface area contributed by atoms with Crippen molar-refractivity contribution in [3.05, 3.63) is 262 Å². The second kappa shape index (κ2) is 38.2. The number of halogens is 4. The lowest BCUT2D eigenvalue weighted by atomic mass is 9.92. The van der Waals surface area contributed by atoms with Crippen LogP contribution in [0.25, 0.3) is 77.9 Å². The number of carbonyl (C=O) groups is 1. The summed E-state index contributed by atoms with van der Waals surface area (Å²) in [6.45, 7) is 30.8. The number of ether oxygens (including phenoxy) is 1. The average Bonchev–Trinajstić information content (AvgIpc) is 1.78. The number of hydrogen-bond donors (Lipinski definition) is 1. The van der Waals surface area contributed by atoms with E-state index in [1.807, 2.05) is 217 Å². The Balaban J connectivity index is 0.000000235. The number of hydrogen-bond acceptors (Lipinski definition) is 11. The minimum absolute atomic E-state index is 0.175. The number of thioether (sulfide) groups is 2. The number of primary sulfonamides is 1. The smallest absolute Gasteiger partial charge is 0.339 e. The molecule has 1 aliphatic rings. The van der Waals surface area contributed by atoms with Crippen molar-refractivity contribution in [2.24, 2.45) is 5.14 Å². The van der Waals surface area contributed by atoms with Gasteiger partial charge in [0.15, 0.2) is 9.84 Å². The summed E-state index contributed by atoms with van der Waals surface area (Å²) in [5.74, 6) is -2.38. The quantitative estimate of drug-likeness (QED) is 0.0704. The molecule has 8 aromatic carbocycles. The third-order valence-electron chi connectivity index (χ3n) is 16.6. The highest BCUT2D eigenvalue weighted by Crippen LogP contribution is 2.43. The van der Waals surface area contributed by atoms with Gasteiger partial charge in [-0.25, -0.2) is 44.3 Å². The zero-order valence-electron chi connectivity index (χ0n) is 60.9. The van der Waals surface area contributed by atoms with Gasteiger partial charge in [0.2, 0.25) is 10.0 Å². The first kappa shape index (κ1) is 82.8. The third kappa shape index (κ3) is 19.2. The number of benzene rings is 8. The van der Waals surface area contributed by atoms with E-state index in [0.717, 1.165) is 101 Å². The van der Waals surface area contributed by atoms with Crippen molar-refractivity contribution >= 4 is 60.5 Å². The van der Waals surface area contributed by atoms with Crippen molar-refractivity contribution in [2.75, 3.05) is 25.4 Å². The normalized spacial score (nSPS) is 11.4. The van der Waals surface area contributed by atoms with Crippen LogP contribution in [0.1, 0.15) is 111 Å². The highest BCUT2D eigenvalue weighted by molar-refractivity contribution is 7.99. The number of esters is 1. The molecule has 12 rings (SSSR count). The van der Waals surface area contributed by atoms with Gasteiger partial charge in [-0.15, -0.1) is 23.5 Å². The zero-order valence-corrected chi connectivity index (χ0v) is 64.2. The van der Waals surface area contributed by atoms with Gasteiger partial charge in [-0.1, -0.05) is 177 Å². The first-order valence-electron chi connectivity index (χ1n) is 33.1. The monoisotopic (exact) mass is 1450 g/mol. The molecule has 0 bridgehead atoms.